The number of fused-ring (bicyclic) bond motifs is 2. The average molecular weight is 479 g/mol. The maximum absolute atomic E-state index is 14.8. The normalized spacial score (nSPS) is 15.1. The molecule has 7 heteroatoms. The minimum absolute atomic E-state index is 0.0250. The van der Waals surface area contributed by atoms with Gasteiger partial charge in [-0.1, -0.05) is 18.2 Å². The third kappa shape index (κ3) is 3.84. The molecule has 1 fully saturated rings. The van der Waals surface area contributed by atoms with Crippen LogP contribution in [0.2, 0.25) is 0 Å². The molecule has 6 rings (SSSR count). The molecule has 0 aliphatic carbocycles. The average Bonchev–Trinajstić information content (AvgIpc) is 3.47. The van der Waals surface area contributed by atoms with Crippen LogP contribution < -0.4 is 0 Å². The topological polar surface area (TPSA) is 43.2 Å². The van der Waals surface area contributed by atoms with Crippen LogP contribution in [0.15, 0.2) is 61.1 Å². The fourth-order valence-corrected chi connectivity index (χ4v) is 5.41. The van der Waals surface area contributed by atoms with Crippen LogP contribution >= 0.6 is 0 Å². The van der Waals surface area contributed by atoms with Crippen molar-refractivity contribution in [2.24, 2.45) is 13.0 Å². The van der Waals surface area contributed by atoms with E-state index in [1.807, 2.05) is 42.3 Å². The highest BCUT2D eigenvalue weighted by atomic mass is 19.1. The smallest absolute Gasteiger partial charge is 0.222 e. The number of hydrogen-bond donors (Lipinski definition) is 0. The molecule has 5 aromatic rings. The number of aryl methyl sites for hydroxylation is 1. The SMILES string of the molecule is [C-]#[N+]c1ccc(-c2c(-c3ccc4c(cnn4C)c3)ncc3c2ccn3CC2CCN(C)CC2)cc1F. The van der Waals surface area contributed by atoms with Crippen molar-refractivity contribution < 1.29 is 4.39 Å². The van der Waals surface area contributed by atoms with Crippen LogP contribution in [0.1, 0.15) is 12.8 Å². The van der Waals surface area contributed by atoms with Crippen molar-refractivity contribution in [3.05, 3.63) is 78.3 Å². The third-order valence-corrected chi connectivity index (χ3v) is 7.50. The molecule has 180 valence electrons. The van der Waals surface area contributed by atoms with E-state index in [1.165, 1.54) is 18.9 Å². The first-order valence-electron chi connectivity index (χ1n) is 12.3. The van der Waals surface area contributed by atoms with E-state index in [9.17, 15) is 4.39 Å². The van der Waals surface area contributed by atoms with E-state index in [-0.39, 0.29) is 5.69 Å². The molecular formula is C29H27FN6. The number of rotatable bonds is 4. The highest BCUT2D eigenvalue weighted by Crippen LogP contribution is 2.39. The fraction of sp³-hybridized carbons (Fsp3) is 0.276. The Morgan fingerprint density at radius 3 is 2.58 bits per heavy atom. The van der Waals surface area contributed by atoms with Crippen LogP contribution in [0, 0.1) is 18.3 Å². The van der Waals surface area contributed by atoms with Crippen LogP contribution in [0.3, 0.4) is 0 Å². The monoisotopic (exact) mass is 478 g/mol. The Morgan fingerprint density at radius 1 is 1.00 bits per heavy atom. The van der Waals surface area contributed by atoms with Gasteiger partial charge in [0.15, 0.2) is 0 Å². The molecule has 36 heavy (non-hydrogen) atoms. The van der Waals surface area contributed by atoms with E-state index in [1.54, 1.807) is 6.07 Å². The van der Waals surface area contributed by atoms with E-state index < -0.39 is 5.82 Å². The van der Waals surface area contributed by atoms with Gasteiger partial charge in [0, 0.05) is 41.7 Å². The molecule has 4 heterocycles. The summed E-state index contributed by atoms with van der Waals surface area (Å²) in [5.74, 6) is 0.113. The largest absolute Gasteiger partial charge is 0.346 e. The van der Waals surface area contributed by atoms with Gasteiger partial charge >= 0.3 is 0 Å². The van der Waals surface area contributed by atoms with Crippen LogP contribution in [-0.2, 0) is 13.6 Å². The van der Waals surface area contributed by atoms with E-state index >= 15 is 0 Å². The number of hydrogen-bond acceptors (Lipinski definition) is 3. The molecule has 0 spiro atoms. The molecule has 1 saturated heterocycles. The highest BCUT2D eigenvalue weighted by Gasteiger charge is 2.21. The second kappa shape index (κ2) is 8.89. The number of benzene rings is 2. The van der Waals surface area contributed by atoms with Gasteiger partial charge in [0.25, 0.3) is 0 Å². The summed E-state index contributed by atoms with van der Waals surface area (Å²) in [5.41, 5.74) is 5.45. The fourth-order valence-electron chi connectivity index (χ4n) is 5.41. The van der Waals surface area contributed by atoms with Crippen molar-refractivity contribution in [1.29, 1.82) is 0 Å². The lowest BCUT2D eigenvalue weighted by Crippen LogP contribution is -2.31. The zero-order valence-corrected chi connectivity index (χ0v) is 20.4. The first-order chi connectivity index (χ1) is 17.5. The van der Waals surface area contributed by atoms with Crippen molar-refractivity contribution in [3.8, 4) is 22.4 Å². The summed E-state index contributed by atoms with van der Waals surface area (Å²) in [6.45, 7) is 10.4. The second-order valence-electron chi connectivity index (χ2n) is 9.82. The van der Waals surface area contributed by atoms with Crippen LogP contribution in [0.4, 0.5) is 10.1 Å². The molecule has 1 aliphatic rings. The molecule has 6 nitrogen and oxygen atoms in total. The second-order valence-corrected chi connectivity index (χ2v) is 9.82. The molecule has 0 unspecified atom stereocenters. The van der Waals surface area contributed by atoms with Crippen LogP contribution in [-0.4, -0.2) is 44.4 Å². The summed E-state index contributed by atoms with van der Waals surface area (Å²) >= 11 is 0. The molecule has 1 aliphatic heterocycles. The Kier molecular flexibility index (Phi) is 5.54. The van der Waals surface area contributed by atoms with Gasteiger partial charge < -0.3 is 9.47 Å². The predicted molar refractivity (Wildman–Crippen MR) is 141 cm³/mol. The van der Waals surface area contributed by atoms with Gasteiger partial charge in [-0.25, -0.2) is 9.24 Å². The zero-order chi connectivity index (χ0) is 24.8. The molecule has 0 bridgehead atoms. The van der Waals surface area contributed by atoms with Crippen molar-refractivity contribution in [2.75, 3.05) is 20.1 Å². The lowest BCUT2D eigenvalue weighted by molar-refractivity contribution is 0.206. The van der Waals surface area contributed by atoms with Crippen LogP contribution in [0.5, 0.6) is 0 Å². The summed E-state index contributed by atoms with van der Waals surface area (Å²) in [6.07, 6.45) is 8.29. The quantitative estimate of drug-likeness (QED) is 0.285. The lowest BCUT2D eigenvalue weighted by atomic mass is 9.95. The number of nitrogens with zero attached hydrogens (tertiary/aromatic N) is 6. The third-order valence-electron chi connectivity index (χ3n) is 7.50. The Bertz CT molecular complexity index is 1630. The Hall–Kier alpha value is -4.02. The Labute approximate surface area is 209 Å². The minimum Gasteiger partial charge on any atom is -0.346 e. The molecule has 2 aromatic carbocycles. The minimum atomic E-state index is -0.515. The predicted octanol–water partition coefficient (Wildman–Crippen LogP) is 6.29. The summed E-state index contributed by atoms with van der Waals surface area (Å²) < 4.78 is 18.9. The zero-order valence-electron chi connectivity index (χ0n) is 20.4. The first kappa shape index (κ1) is 22.4. The standard InChI is InChI=1S/C29H27FN6/c1-31-25-6-4-20(15-24(25)30)28-23-10-13-36(18-19-8-11-34(2)12-9-19)27(23)17-32-29(28)21-5-7-26-22(14-21)16-33-35(26)3/h4-7,10,13-17,19H,8-9,11-12,18H2,2-3H3. The molecule has 0 N–H and O–H groups in total. The van der Waals surface area contributed by atoms with Gasteiger partial charge in [-0.3, -0.25) is 9.67 Å². The number of halogens is 1. The first-order valence-corrected chi connectivity index (χ1v) is 12.3. The van der Waals surface area contributed by atoms with Crippen molar-refractivity contribution in [3.63, 3.8) is 0 Å². The molecule has 0 radical (unpaired) electrons. The maximum Gasteiger partial charge on any atom is 0.222 e. The van der Waals surface area contributed by atoms with Gasteiger partial charge in [-0.15, -0.1) is 0 Å². The van der Waals surface area contributed by atoms with E-state index in [2.05, 4.69) is 44.8 Å². The summed E-state index contributed by atoms with van der Waals surface area (Å²) in [5, 5.41) is 6.43. The number of piperidine rings is 1. The van der Waals surface area contributed by atoms with Gasteiger partial charge in [0.1, 0.15) is 5.82 Å². The summed E-state index contributed by atoms with van der Waals surface area (Å²) in [6, 6.07) is 13.1. The number of aromatic nitrogens is 4. The van der Waals surface area contributed by atoms with Crippen molar-refractivity contribution in [2.45, 2.75) is 19.4 Å². The van der Waals surface area contributed by atoms with E-state index in [0.717, 1.165) is 63.8 Å². The number of likely N-dealkylation sites (tertiary alicyclic amines) is 1. The molecule has 0 saturated carbocycles. The molecule has 0 atom stereocenters. The van der Waals surface area contributed by atoms with Crippen molar-refractivity contribution >= 4 is 27.5 Å². The van der Waals surface area contributed by atoms with Gasteiger partial charge in [0.05, 0.1) is 35.7 Å². The van der Waals surface area contributed by atoms with Gasteiger partial charge in [-0.2, -0.15) is 5.10 Å². The maximum atomic E-state index is 14.8. The molecule has 0 amide bonds. The Morgan fingerprint density at radius 2 is 1.81 bits per heavy atom. The lowest BCUT2D eigenvalue weighted by Gasteiger charge is -2.29. The van der Waals surface area contributed by atoms with Gasteiger partial charge in [0.2, 0.25) is 5.69 Å². The van der Waals surface area contributed by atoms with E-state index in [4.69, 9.17) is 11.6 Å². The van der Waals surface area contributed by atoms with E-state index in [0.29, 0.717) is 5.92 Å². The molecule has 3 aromatic heterocycles. The molecular weight excluding hydrogens is 451 g/mol. The Balaban J connectivity index is 1.51. The number of pyridine rings is 1. The summed E-state index contributed by atoms with van der Waals surface area (Å²) in [4.78, 5) is 10.6. The van der Waals surface area contributed by atoms with Crippen molar-refractivity contribution in [1.82, 2.24) is 24.2 Å². The summed E-state index contributed by atoms with van der Waals surface area (Å²) in [7, 11) is 4.10. The van der Waals surface area contributed by atoms with Crippen LogP contribution in [0.25, 0.3) is 49.0 Å². The highest BCUT2D eigenvalue weighted by molar-refractivity contribution is 6.02. The van der Waals surface area contributed by atoms with Gasteiger partial charge in [-0.05, 0) is 68.7 Å².